The van der Waals surface area contributed by atoms with E-state index >= 15 is 0 Å². The second kappa shape index (κ2) is 7.03. The monoisotopic (exact) mass is 207 g/mol. The Morgan fingerprint density at radius 2 is 1.92 bits per heavy atom. The zero-order valence-corrected chi connectivity index (χ0v) is 6.65. The van der Waals surface area contributed by atoms with Crippen molar-refractivity contribution in [3.63, 3.8) is 0 Å². The first-order valence-corrected chi connectivity index (χ1v) is 4.71. The van der Waals surface area contributed by atoms with Crippen LogP contribution in [0.25, 0.3) is 0 Å². The second-order valence-corrected chi connectivity index (χ2v) is 3.79. The molecule has 1 amide bonds. The van der Waals surface area contributed by atoms with Crippen molar-refractivity contribution in [3.8, 4) is 0 Å². The van der Waals surface area contributed by atoms with Crippen LogP contribution in [0.3, 0.4) is 0 Å². The molecule has 0 heterocycles. The van der Waals surface area contributed by atoms with Gasteiger partial charge >= 0.3 is 37.2 Å². The average molecular weight is 207 g/mol. The van der Waals surface area contributed by atoms with Gasteiger partial charge in [0.15, 0.2) is 0 Å². The molecule has 0 aliphatic heterocycles. The zero-order valence-electron chi connectivity index (χ0n) is 5.75. The summed E-state index contributed by atoms with van der Waals surface area (Å²) in [6.45, 7) is -0.0609. The Hall–Kier alpha value is 0.580. The molecule has 0 aliphatic carbocycles. The van der Waals surface area contributed by atoms with Crippen LogP contribution in [0.4, 0.5) is 0 Å². The second-order valence-electron chi connectivity index (χ2n) is 2.01. The van der Waals surface area contributed by atoms with Gasteiger partial charge in [0.25, 0.3) is 0 Å². The van der Waals surface area contributed by atoms with Crippen LogP contribution in [0.2, 0.25) is 0 Å². The van der Waals surface area contributed by atoms with Crippen LogP contribution in [0.15, 0.2) is 0 Å². The molecular weight excluding hydrogens is 196 g/mol. The van der Waals surface area contributed by atoms with E-state index in [0.29, 0.717) is 5.06 Å². The zero-order chi connectivity index (χ0) is 8.91. The first-order chi connectivity index (χ1) is 4.95. The van der Waals surface area contributed by atoms with E-state index in [2.05, 4.69) is 0 Å². The summed E-state index contributed by atoms with van der Waals surface area (Å²) in [7, 11) is -3.99. The van der Waals surface area contributed by atoms with Crippen molar-refractivity contribution < 1.29 is 24.4 Å². The number of carbonyl (C=O) groups is 1. The van der Waals surface area contributed by atoms with Crippen molar-refractivity contribution in [2.24, 2.45) is 0 Å². The molecule has 3 N–H and O–H groups in total. The number of nitrogens with zero attached hydrogens (tertiary/aromatic N) is 1. The molecule has 0 bridgehead atoms. The Morgan fingerprint density at radius 1 is 1.42 bits per heavy atom. The molecule has 0 rings (SSSR count). The summed E-state index contributed by atoms with van der Waals surface area (Å²) in [6.07, 6.45) is -0.0584. The molecule has 0 fully saturated rings. The summed E-state index contributed by atoms with van der Waals surface area (Å²) in [5.74, 6) is 0. The molecule has 8 heteroatoms. The number of rotatable bonds is 5. The van der Waals surface area contributed by atoms with Crippen molar-refractivity contribution in [1.29, 1.82) is 0 Å². The fourth-order valence-corrected chi connectivity index (χ4v) is 1.04. The van der Waals surface area contributed by atoms with Crippen LogP contribution >= 0.6 is 7.60 Å². The van der Waals surface area contributed by atoms with Crippen LogP contribution in [-0.4, -0.2) is 68.7 Å². The molecule has 0 saturated carbocycles. The van der Waals surface area contributed by atoms with E-state index in [4.69, 9.17) is 15.0 Å². The van der Waals surface area contributed by atoms with Crippen LogP contribution in [0, 0.1) is 0 Å². The van der Waals surface area contributed by atoms with E-state index in [0.717, 1.165) is 0 Å². The SMILES string of the molecule is O=CN(O)CCCP(=O)(O)O.[NaH]. The Balaban J connectivity index is 0. The molecule has 0 spiro atoms. The fourth-order valence-electron chi connectivity index (χ4n) is 0.491. The van der Waals surface area contributed by atoms with Gasteiger partial charge < -0.3 is 9.79 Å². The minimum atomic E-state index is -3.99. The number of carbonyl (C=O) groups excluding carboxylic acids is 1. The third kappa shape index (κ3) is 10.6. The molecule has 0 radical (unpaired) electrons. The third-order valence-corrected chi connectivity index (χ3v) is 1.86. The van der Waals surface area contributed by atoms with Crippen molar-refractivity contribution in [2.75, 3.05) is 12.7 Å². The Kier molecular flexibility index (Phi) is 8.83. The Bertz CT molecular complexity index is 171. The van der Waals surface area contributed by atoms with Crippen LogP contribution in [-0.2, 0) is 9.36 Å². The molecule has 0 aromatic rings. The van der Waals surface area contributed by atoms with E-state index in [1.807, 2.05) is 0 Å². The average Bonchev–Trinajstić information content (AvgIpc) is 1.85. The van der Waals surface area contributed by atoms with Gasteiger partial charge in [-0.05, 0) is 6.42 Å². The van der Waals surface area contributed by atoms with Crippen molar-refractivity contribution in [3.05, 3.63) is 0 Å². The maximum atomic E-state index is 10.2. The summed E-state index contributed by atoms with van der Waals surface area (Å²) < 4.78 is 10.2. The summed E-state index contributed by atoms with van der Waals surface area (Å²) in [6, 6.07) is 0. The van der Waals surface area contributed by atoms with Gasteiger partial charge in [-0.2, -0.15) is 0 Å². The molecule has 0 aromatic heterocycles. The van der Waals surface area contributed by atoms with Gasteiger partial charge in [0.2, 0.25) is 6.41 Å². The van der Waals surface area contributed by atoms with Crippen LogP contribution < -0.4 is 0 Å². The van der Waals surface area contributed by atoms with Gasteiger partial charge in [0, 0.05) is 6.54 Å². The standard InChI is InChI=1S/C4H10NO5P.Na.H/c6-4-5(7)2-1-3-11(8,9)10;;/h4,7H,1-3H2,(H2,8,9,10);;. The fraction of sp³-hybridized carbons (Fsp3) is 0.750. The molecule has 0 aliphatic rings. The molecule has 6 nitrogen and oxygen atoms in total. The van der Waals surface area contributed by atoms with E-state index in [9.17, 15) is 9.36 Å². The van der Waals surface area contributed by atoms with Gasteiger partial charge in [-0.25, -0.2) is 5.06 Å². The summed E-state index contributed by atoms with van der Waals surface area (Å²) in [5, 5.41) is 8.81. The topological polar surface area (TPSA) is 98.1 Å². The van der Waals surface area contributed by atoms with E-state index in [-0.39, 0.29) is 55.1 Å². The van der Waals surface area contributed by atoms with Gasteiger partial charge in [-0.15, -0.1) is 0 Å². The number of hydrogen-bond acceptors (Lipinski definition) is 3. The molecule has 68 valence electrons. The van der Waals surface area contributed by atoms with E-state index in [1.165, 1.54) is 0 Å². The van der Waals surface area contributed by atoms with Crippen LogP contribution in [0.5, 0.6) is 0 Å². The Morgan fingerprint density at radius 3 is 2.25 bits per heavy atom. The first-order valence-electron chi connectivity index (χ1n) is 2.91. The quantitative estimate of drug-likeness (QED) is 0.172. The van der Waals surface area contributed by atoms with E-state index in [1.54, 1.807) is 0 Å². The normalized spacial score (nSPS) is 10.2. The molecule has 0 aromatic carbocycles. The maximum absolute atomic E-state index is 10.2. The Labute approximate surface area is 92.0 Å². The third-order valence-electron chi connectivity index (χ3n) is 0.958. The number of hydroxylamine groups is 2. The first kappa shape index (κ1) is 15.1. The van der Waals surface area contributed by atoms with Gasteiger partial charge in [-0.3, -0.25) is 14.6 Å². The molecule has 0 atom stereocenters. The van der Waals surface area contributed by atoms with Gasteiger partial charge in [0.1, 0.15) is 0 Å². The number of amides is 1. The van der Waals surface area contributed by atoms with Crippen molar-refractivity contribution >= 4 is 43.6 Å². The van der Waals surface area contributed by atoms with Crippen molar-refractivity contribution in [1.82, 2.24) is 5.06 Å². The molecule has 0 saturated heterocycles. The molecule has 0 unspecified atom stereocenters. The minimum absolute atomic E-state index is 0. The summed E-state index contributed by atoms with van der Waals surface area (Å²) >= 11 is 0. The van der Waals surface area contributed by atoms with E-state index < -0.39 is 7.60 Å². The summed E-state index contributed by atoms with van der Waals surface area (Å²) in [5.41, 5.74) is 0. The summed E-state index contributed by atoms with van der Waals surface area (Å²) in [4.78, 5) is 26.4. The molecule has 12 heavy (non-hydrogen) atoms. The number of hydrogen-bond donors (Lipinski definition) is 3. The van der Waals surface area contributed by atoms with Crippen molar-refractivity contribution in [2.45, 2.75) is 6.42 Å². The van der Waals surface area contributed by atoms with Gasteiger partial charge in [0.05, 0.1) is 6.16 Å². The predicted octanol–water partition coefficient (Wildman–Crippen LogP) is -1.25. The predicted molar refractivity (Wildman–Crippen MR) is 43.2 cm³/mol. The van der Waals surface area contributed by atoms with Gasteiger partial charge in [-0.1, -0.05) is 0 Å². The van der Waals surface area contributed by atoms with Crippen LogP contribution in [0.1, 0.15) is 6.42 Å². The molecular formula is C4H11NNaO5P.